The summed E-state index contributed by atoms with van der Waals surface area (Å²) in [5, 5.41) is 9.51. The number of nitrogen functional groups attached to an aromatic ring is 1. The maximum Gasteiger partial charge on any atom is 0.416 e. The van der Waals surface area contributed by atoms with Crippen molar-refractivity contribution in [1.82, 2.24) is 19.6 Å². The Hall–Kier alpha value is -7.37. The first kappa shape index (κ1) is 53.4. The minimum absolute atomic E-state index is 0.00489. The van der Waals surface area contributed by atoms with E-state index < -0.39 is 59.6 Å². The second kappa shape index (κ2) is 22.6. The molecule has 2 N–H and O–H groups in total. The lowest BCUT2D eigenvalue weighted by atomic mass is 9.92. The lowest BCUT2D eigenvalue weighted by Gasteiger charge is -2.43. The number of halogens is 6. The third-order valence-corrected chi connectivity index (χ3v) is 13.2. The van der Waals surface area contributed by atoms with Crippen molar-refractivity contribution in [1.29, 1.82) is 5.26 Å². The number of alkyl halides is 6. The number of hydrogen-bond donors (Lipinski definition) is 1. The SMILES string of the molecule is CCOC(=O)C1=C(C)N(c2cccc(C(F)(F)F)c2)C(=O)N(CCCN2CCN(CCCN3C(=O)N(c4cccc(C(F)(F)F)c4)C(C)=C(C(=O)OCC)C3c3ccc(C#N)cc3)CC2)C1c1ccc(N)cc1. The van der Waals surface area contributed by atoms with E-state index in [9.17, 15) is 50.8 Å². The lowest BCUT2D eigenvalue weighted by molar-refractivity contribution is -0.140. The van der Waals surface area contributed by atoms with Crippen molar-refractivity contribution in [3.63, 3.8) is 0 Å². The summed E-state index contributed by atoms with van der Waals surface area (Å²) in [5.41, 5.74) is 6.19. The van der Waals surface area contributed by atoms with E-state index in [-0.39, 0.29) is 60.2 Å². The summed E-state index contributed by atoms with van der Waals surface area (Å²) in [5.74, 6) is -1.47. The third-order valence-electron chi connectivity index (χ3n) is 13.2. The average Bonchev–Trinajstić information content (AvgIpc) is 3.35. The summed E-state index contributed by atoms with van der Waals surface area (Å²) in [6, 6.07) is 20.6. The van der Waals surface area contributed by atoms with Gasteiger partial charge in [0.2, 0.25) is 0 Å². The number of nitrogens with two attached hydrogens (primary N) is 1. The molecule has 4 amide bonds. The highest BCUT2D eigenvalue weighted by molar-refractivity contribution is 6.04. The number of anilines is 3. The van der Waals surface area contributed by atoms with Crippen LogP contribution in [0.1, 0.15) is 80.4 Å². The smallest absolute Gasteiger partial charge is 0.416 e. The van der Waals surface area contributed by atoms with E-state index in [0.29, 0.717) is 74.5 Å². The number of allylic oxidation sites excluding steroid dienone is 2. The fourth-order valence-corrected chi connectivity index (χ4v) is 9.63. The molecule has 1 fully saturated rings. The molecule has 0 bridgehead atoms. The Balaban J connectivity index is 1.07. The van der Waals surface area contributed by atoms with Crippen LogP contribution in [-0.2, 0) is 31.4 Å². The van der Waals surface area contributed by atoms with Crippen LogP contribution >= 0.6 is 0 Å². The van der Waals surface area contributed by atoms with Gasteiger partial charge in [0.15, 0.2) is 0 Å². The van der Waals surface area contributed by atoms with Crippen molar-refractivity contribution >= 4 is 41.1 Å². The molecule has 20 heteroatoms. The van der Waals surface area contributed by atoms with Crippen LogP contribution in [0.25, 0.3) is 0 Å². The number of carbonyl (C=O) groups is 4. The number of urea groups is 2. The van der Waals surface area contributed by atoms with Crippen LogP contribution in [-0.4, -0.2) is 109 Å². The van der Waals surface area contributed by atoms with Crippen LogP contribution in [0.2, 0.25) is 0 Å². The first-order valence-electron chi connectivity index (χ1n) is 23.9. The highest BCUT2D eigenvalue weighted by Crippen LogP contribution is 2.44. The van der Waals surface area contributed by atoms with Gasteiger partial charge in [0.25, 0.3) is 0 Å². The number of carbonyl (C=O) groups excluding carboxylic acids is 4. The summed E-state index contributed by atoms with van der Waals surface area (Å²) in [7, 11) is 0. The normalized spacial score (nSPS) is 18.4. The molecular formula is C53H56F6N8O6. The standard InChI is InChI=1S/C53H56F6N8O6/c1-5-72-48(68)44-34(3)66(42-13-7-11-39(31-42)52(54,55)56)50(70)64(46(44)37-17-15-36(33-60)16-18-37)25-9-23-62-27-29-63(30-28-62)24-10-26-65-47(38-19-21-41(61)22-20-38)45(49(69)73-6-2)35(4)67(51(65)71)43-14-8-12-40(32-43)53(57,58)59/h7-8,11-22,31-32,46-47H,5-6,9-10,23-30,61H2,1-4H3. The Morgan fingerprint density at radius 1 is 0.616 bits per heavy atom. The number of hydrogen-bond acceptors (Lipinski definition) is 10. The van der Waals surface area contributed by atoms with Gasteiger partial charge in [-0.1, -0.05) is 36.4 Å². The molecule has 14 nitrogen and oxygen atoms in total. The lowest BCUT2D eigenvalue weighted by Crippen LogP contribution is -2.52. The summed E-state index contributed by atoms with van der Waals surface area (Å²) in [6.07, 6.45) is -8.56. The number of nitriles is 1. The summed E-state index contributed by atoms with van der Waals surface area (Å²) in [4.78, 5) is 66.5. The highest BCUT2D eigenvalue weighted by atomic mass is 19.4. The average molecular weight is 1020 g/mol. The number of nitrogens with zero attached hydrogens (tertiary/aromatic N) is 7. The molecule has 7 rings (SSSR count). The number of amides is 4. The zero-order valence-electron chi connectivity index (χ0n) is 40.8. The second-order valence-corrected chi connectivity index (χ2v) is 17.8. The second-order valence-electron chi connectivity index (χ2n) is 17.8. The monoisotopic (exact) mass is 1010 g/mol. The Bertz CT molecular complexity index is 2780. The summed E-state index contributed by atoms with van der Waals surface area (Å²) >= 11 is 0. The first-order valence-corrected chi connectivity index (χ1v) is 23.9. The Kier molecular flexibility index (Phi) is 16.5. The molecule has 1 saturated heterocycles. The van der Waals surface area contributed by atoms with Crippen LogP contribution in [0, 0.1) is 11.3 Å². The molecular weight excluding hydrogens is 959 g/mol. The van der Waals surface area contributed by atoms with Gasteiger partial charge < -0.3 is 34.8 Å². The van der Waals surface area contributed by atoms with Gasteiger partial charge in [-0.2, -0.15) is 31.6 Å². The first-order chi connectivity index (χ1) is 34.8. The van der Waals surface area contributed by atoms with E-state index in [0.717, 1.165) is 34.1 Å². The molecule has 4 aromatic rings. The third kappa shape index (κ3) is 11.8. The van der Waals surface area contributed by atoms with E-state index in [1.807, 2.05) is 0 Å². The fraction of sp³-hybridized carbons (Fsp3) is 0.377. The Labute approximate surface area is 419 Å². The Morgan fingerprint density at radius 3 is 1.36 bits per heavy atom. The predicted molar refractivity (Wildman–Crippen MR) is 260 cm³/mol. The molecule has 3 heterocycles. The molecule has 0 saturated carbocycles. The van der Waals surface area contributed by atoms with Gasteiger partial charge in [-0.25, -0.2) is 19.2 Å². The maximum absolute atomic E-state index is 14.7. The summed E-state index contributed by atoms with van der Waals surface area (Å²) in [6.45, 7) is 9.98. The number of benzene rings is 4. The van der Waals surface area contributed by atoms with Gasteiger partial charge >= 0.3 is 36.4 Å². The Morgan fingerprint density at radius 2 is 1.00 bits per heavy atom. The highest BCUT2D eigenvalue weighted by Gasteiger charge is 2.45. The topological polar surface area (TPSA) is 156 Å². The number of rotatable bonds is 16. The van der Waals surface area contributed by atoms with E-state index >= 15 is 0 Å². The predicted octanol–water partition coefficient (Wildman–Crippen LogP) is 9.92. The van der Waals surface area contributed by atoms with E-state index in [1.165, 1.54) is 47.9 Å². The molecule has 0 spiro atoms. The van der Waals surface area contributed by atoms with Gasteiger partial charge in [-0.05, 0) is 125 Å². The molecule has 3 aliphatic heterocycles. The van der Waals surface area contributed by atoms with E-state index in [1.54, 1.807) is 62.4 Å². The number of esters is 2. The van der Waals surface area contributed by atoms with Crippen molar-refractivity contribution in [3.05, 3.63) is 147 Å². The molecule has 386 valence electrons. The van der Waals surface area contributed by atoms with Gasteiger partial charge in [0.05, 0.1) is 70.6 Å². The van der Waals surface area contributed by atoms with Gasteiger partial charge in [-0.3, -0.25) is 9.80 Å². The van der Waals surface area contributed by atoms with Crippen molar-refractivity contribution in [2.24, 2.45) is 0 Å². The van der Waals surface area contributed by atoms with E-state index in [4.69, 9.17) is 15.2 Å². The number of ether oxygens (including phenoxy) is 2. The zero-order chi connectivity index (χ0) is 52.8. The molecule has 2 unspecified atom stereocenters. The van der Waals surface area contributed by atoms with Gasteiger partial charge in [0, 0.05) is 56.4 Å². The molecule has 4 aromatic carbocycles. The molecule has 0 aromatic heterocycles. The maximum atomic E-state index is 14.7. The van der Waals surface area contributed by atoms with Gasteiger partial charge in [-0.15, -0.1) is 0 Å². The minimum atomic E-state index is -4.70. The van der Waals surface area contributed by atoms with Gasteiger partial charge in [0.1, 0.15) is 0 Å². The fourth-order valence-electron chi connectivity index (χ4n) is 9.63. The number of piperazine rings is 1. The largest absolute Gasteiger partial charge is 0.463 e. The quantitative estimate of drug-likeness (QED) is 0.0651. The van der Waals surface area contributed by atoms with Crippen molar-refractivity contribution in [2.75, 3.05) is 81.1 Å². The van der Waals surface area contributed by atoms with Crippen molar-refractivity contribution in [2.45, 2.75) is 65.0 Å². The minimum Gasteiger partial charge on any atom is -0.463 e. The van der Waals surface area contributed by atoms with Crippen LogP contribution in [0.5, 0.6) is 0 Å². The molecule has 73 heavy (non-hydrogen) atoms. The van der Waals surface area contributed by atoms with Crippen molar-refractivity contribution < 1.29 is 55.0 Å². The summed E-state index contributed by atoms with van der Waals surface area (Å²) < 4.78 is 94.6. The van der Waals surface area contributed by atoms with E-state index in [2.05, 4.69) is 15.9 Å². The van der Waals surface area contributed by atoms with Crippen LogP contribution in [0.15, 0.2) is 120 Å². The van der Waals surface area contributed by atoms with Crippen LogP contribution in [0.3, 0.4) is 0 Å². The molecule has 0 aliphatic carbocycles. The van der Waals surface area contributed by atoms with Crippen LogP contribution < -0.4 is 15.5 Å². The van der Waals surface area contributed by atoms with Crippen molar-refractivity contribution in [3.8, 4) is 6.07 Å². The molecule has 2 atom stereocenters. The molecule has 0 radical (unpaired) electrons. The molecule has 3 aliphatic rings. The zero-order valence-corrected chi connectivity index (χ0v) is 40.8. The van der Waals surface area contributed by atoms with Crippen LogP contribution in [0.4, 0.5) is 53.0 Å².